The number of aromatic nitrogens is 1. The molecule has 0 aromatic carbocycles. The van der Waals surface area contributed by atoms with E-state index in [2.05, 4.69) is 10.3 Å². The van der Waals surface area contributed by atoms with Gasteiger partial charge in [0.15, 0.2) is 5.01 Å². The minimum Gasteiger partial charge on any atom is -0.345 e. The summed E-state index contributed by atoms with van der Waals surface area (Å²) in [6.45, 7) is 5.16. The van der Waals surface area contributed by atoms with Crippen LogP contribution in [-0.4, -0.2) is 64.7 Å². The van der Waals surface area contributed by atoms with Crippen molar-refractivity contribution in [2.24, 2.45) is 0 Å². The lowest BCUT2D eigenvalue weighted by molar-refractivity contribution is -0.148. The summed E-state index contributed by atoms with van der Waals surface area (Å²) in [7, 11) is 0. The molecule has 1 N–H and O–H groups in total. The summed E-state index contributed by atoms with van der Waals surface area (Å²) in [5.74, 6) is -0.175. The molecule has 0 saturated carbocycles. The number of nitrogens with zero attached hydrogens (tertiary/aromatic N) is 3. The van der Waals surface area contributed by atoms with E-state index in [1.807, 2.05) is 19.2 Å². The SMILES string of the molecule is CC(C)c1csc(C(=O)N2CCN3C(=O)CNC(=O)[C@H]3C2)n1. The zero-order valence-corrected chi connectivity index (χ0v) is 13.4. The van der Waals surface area contributed by atoms with Gasteiger partial charge < -0.3 is 15.1 Å². The van der Waals surface area contributed by atoms with E-state index in [-0.39, 0.29) is 36.7 Å². The van der Waals surface area contributed by atoms with E-state index < -0.39 is 6.04 Å². The van der Waals surface area contributed by atoms with E-state index in [4.69, 9.17) is 0 Å². The molecule has 2 aliphatic heterocycles. The van der Waals surface area contributed by atoms with Gasteiger partial charge in [-0.1, -0.05) is 13.8 Å². The smallest absolute Gasteiger partial charge is 0.282 e. The number of carbonyl (C=O) groups excluding carboxylic acids is 3. The van der Waals surface area contributed by atoms with Gasteiger partial charge in [0.25, 0.3) is 5.91 Å². The van der Waals surface area contributed by atoms with E-state index >= 15 is 0 Å². The molecule has 0 unspecified atom stereocenters. The first-order valence-corrected chi connectivity index (χ1v) is 8.17. The number of nitrogens with one attached hydrogen (secondary N) is 1. The second kappa shape index (κ2) is 5.68. The van der Waals surface area contributed by atoms with Crippen LogP contribution in [0.2, 0.25) is 0 Å². The molecule has 0 bridgehead atoms. The molecule has 1 aromatic rings. The quantitative estimate of drug-likeness (QED) is 0.834. The zero-order valence-electron chi connectivity index (χ0n) is 12.5. The number of carbonyl (C=O) groups is 3. The number of hydrogen-bond donors (Lipinski definition) is 1. The van der Waals surface area contributed by atoms with Crippen molar-refractivity contribution in [2.45, 2.75) is 25.8 Å². The monoisotopic (exact) mass is 322 g/mol. The first kappa shape index (κ1) is 15.0. The minimum absolute atomic E-state index is 0.0491. The molecule has 3 amide bonds. The van der Waals surface area contributed by atoms with Gasteiger partial charge in [-0.05, 0) is 5.92 Å². The van der Waals surface area contributed by atoms with Gasteiger partial charge in [-0.3, -0.25) is 14.4 Å². The third-order valence-corrected chi connectivity index (χ3v) is 4.85. The lowest BCUT2D eigenvalue weighted by Crippen LogP contribution is -2.66. The number of fused-ring (bicyclic) bond motifs is 1. The Morgan fingerprint density at radius 3 is 2.86 bits per heavy atom. The van der Waals surface area contributed by atoms with Crippen LogP contribution in [0, 0.1) is 0 Å². The van der Waals surface area contributed by atoms with E-state index in [0.717, 1.165) is 5.69 Å². The molecule has 0 spiro atoms. The van der Waals surface area contributed by atoms with Crippen molar-refractivity contribution < 1.29 is 14.4 Å². The van der Waals surface area contributed by atoms with Crippen molar-refractivity contribution in [3.8, 4) is 0 Å². The molecule has 118 valence electrons. The molecule has 7 nitrogen and oxygen atoms in total. The normalized spacial score (nSPS) is 21.9. The number of piperazine rings is 2. The van der Waals surface area contributed by atoms with Crippen LogP contribution in [0.4, 0.5) is 0 Å². The van der Waals surface area contributed by atoms with Crippen LogP contribution in [0.5, 0.6) is 0 Å². The highest BCUT2D eigenvalue weighted by Crippen LogP contribution is 2.21. The maximum atomic E-state index is 12.5. The standard InChI is InChI=1S/C14H18N4O3S/c1-8(2)9-7-22-13(16-9)14(21)17-3-4-18-10(6-17)12(20)15-5-11(18)19/h7-8,10H,3-6H2,1-2H3,(H,15,20)/t10-/m1/s1. The Balaban J connectivity index is 1.74. The summed E-state index contributed by atoms with van der Waals surface area (Å²) in [6.07, 6.45) is 0. The highest BCUT2D eigenvalue weighted by molar-refractivity contribution is 7.11. The molecule has 22 heavy (non-hydrogen) atoms. The van der Waals surface area contributed by atoms with Crippen LogP contribution in [-0.2, 0) is 9.59 Å². The molecule has 2 saturated heterocycles. The van der Waals surface area contributed by atoms with Gasteiger partial charge in [0.05, 0.1) is 18.8 Å². The molecule has 0 aliphatic carbocycles. The van der Waals surface area contributed by atoms with Crippen LogP contribution < -0.4 is 5.32 Å². The number of rotatable bonds is 2. The van der Waals surface area contributed by atoms with Crippen molar-refractivity contribution >= 4 is 29.1 Å². The van der Waals surface area contributed by atoms with Gasteiger partial charge in [0, 0.05) is 18.5 Å². The molecule has 2 fully saturated rings. The summed E-state index contributed by atoms with van der Waals surface area (Å²) in [5.41, 5.74) is 0.901. The Labute approximate surface area is 132 Å². The molecule has 1 aromatic heterocycles. The fraction of sp³-hybridized carbons (Fsp3) is 0.571. The Bertz CT molecular complexity index is 627. The average molecular weight is 322 g/mol. The largest absolute Gasteiger partial charge is 0.345 e. The lowest BCUT2D eigenvalue weighted by atomic mass is 10.1. The summed E-state index contributed by atoms with van der Waals surface area (Å²) in [5, 5.41) is 4.91. The Hall–Kier alpha value is -1.96. The van der Waals surface area contributed by atoms with Crippen molar-refractivity contribution in [3.05, 3.63) is 16.1 Å². The summed E-state index contributed by atoms with van der Waals surface area (Å²) in [6, 6.07) is -0.580. The van der Waals surface area contributed by atoms with E-state index in [0.29, 0.717) is 18.1 Å². The summed E-state index contributed by atoms with van der Waals surface area (Å²) in [4.78, 5) is 43.8. The van der Waals surface area contributed by atoms with Gasteiger partial charge in [-0.25, -0.2) is 4.98 Å². The highest BCUT2D eigenvalue weighted by atomic mass is 32.1. The number of thiazole rings is 1. The summed E-state index contributed by atoms with van der Waals surface area (Å²) < 4.78 is 0. The van der Waals surface area contributed by atoms with Crippen molar-refractivity contribution in [1.29, 1.82) is 0 Å². The predicted octanol–water partition coefficient (Wildman–Crippen LogP) is 0.0493. The van der Waals surface area contributed by atoms with Gasteiger partial charge in [-0.2, -0.15) is 0 Å². The molecule has 3 heterocycles. The molecule has 3 rings (SSSR count). The molecular weight excluding hydrogens is 304 g/mol. The molecule has 1 atom stereocenters. The fourth-order valence-electron chi connectivity index (χ4n) is 2.66. The highest BCUT2D eigenvalue weighted by Gasteiger charge is 2.40. The van der Waals surface area contributed by atoms with Crippen LogP contribution in [0.1, 0.15) is 35.3 Å². The Morgan fingerprint density at radius 2 is 2.18 bits per heavy atom. The van der Waals surface area contributed by atoms with E-state index in [9.17, 15) is 14.4 Å². The van der Waals surface area contributed by atoms with Gasteiger partial charge in [-0.15, -0.1) is 11.3 Å². The Morgan fingerprint density at radius 1 is 1.41 bits per heavy atom. The van der Waals surface area contributed by atoms with Gasteiger partial charge >= 0.3 is 0 Å². The van der Waals surface area contributed by atoms with Crippen LogP contribution in [0.15, 0.2) is 5.38 Å². The van der Waals surface area contributed by atoms with E-state index in [1.54, 1.807) is 9.80 Å². The minimum atomic E-state index is -0.580. The second-order valence-corrected chi connectivity index (χ2v) is 6.66. The van der Waals surface area contributed by atoms with Gasteiger partial charge in [0.1, 0.15) is 6.04 Å². The van der Waals surface area contributed by atoms with Gasteiger partial charge in [0.2, 0.25) is 11.8 Å². The molecule has 2 aliphatic rings. The number of hydrogen-bond acceptors (Lipinski definition) is 5. The Kier molecular flexibility index (Phi) is 3.86. The van der Waals surface area contributed by atoms with Crippen molar-refractivity contribution in [3.63, 3.8) is 0 Å². The maximum absolute atomic E-state index is 12.5. The fourth-order valence-corrected chi connectivity index (χ4v) is 3.60. The topological polar surface area (TPSA) is 82.6 Å². The second-order valence-electron chi connectivity index (χ2n) is 5.80. The average Bonchev–Trinajstić information content (AvgIpc) is 3.00. The summed E-state index contributed by atoms with van der Waals surface area (Å²) >= 11 is 1.33. The van der Waals surface area contributed by atoms with Crippen molar-refractivity contribution in [2.75, 3.05) is 26.2 Å². The maximum Gasteiger partial charge on any atom is 0.282 e. The zero-order chi connectivity index (χ0) is 15.9. The third kappa shape index (κ3) is 2.58. The number of amides is 3. The molecular formula is C14H18N4O3S. The third-order valence-electron chi connectivity index (χ3n) is 4.00. The first-order chi connectivity index (χ1) is 10.5. The van der Waals surface area contributed by atoms with Crippen LogP contribution in [0.3, 0.4) is 0 Å². The van der Waals surface area contributed by atoms with E-state index in [1.165, 1.54) is 11.3 Å². The van der Waals surface area contributed by atoms with Crippen molar-refractivity contribution in [1.82, 2.24) is 20.1 Å². The predicted molar refractivity (Wildman–Crippen MR) is 80.6 cm³/mol. The van der Waals surface area contributed by atoms with Crippen LogP contribution >= 0.6 is 11.3 Å². The lowest BCUT2D eigenvalue weighted by Gasteiger charge is -2.42. The first-order valence-electron chi connectivity index (χ1n) is 7.29. The molecule has 0 radical (unpaired) electrons. The molecule has 8 heteroatoms. The van der Waals surface area contributed by atoms with Crippen LogP contribution in [0.25, 0.3) is 0 Å².